The Morgan fingerprint density at radius 3 is 2.32 bits per heavy atom. The first kappa shape index (κ1) is 14.8. The molecule has 0 radical (unpaired) electrons. The Hall–Kier alpha value is -0.610. The summed E-state index contributed by atoms with van der Waals surface area (Å²) in [5.41, 5.74) is 5.80. The van der Waals surface area contributed by atoms with Crippen molar-refractivity contribution in [3.8, 4) is 0 Å². The SMILES string of the molecule is CCC(CN)N1CCN(C(=O)C2CCCCC2)CC1. The van der Waals surface area contributed by atoms with E-state index in [9.17, 15) is 4.79 Å². The maximum absolute atomic E-state index is 12.5. The van der Waals surface area contributed by atoms with Crippen LogP contribution in [0.25, 0.3) is 0 Å². The van der Waals surface area contributed by atoms with Gasteiger partial charge in [-0.25, -0.2) is 0 Å². The van der Waals surface area contributed by atoms with E-state index in [1.807, 2.05) is 0 Å². The molecule has 110 valence electrons. The normalized spacial score (nSPS) is 24.4. The molecule has 0 bridgehead atoms. The number of nitrogens with two attached hydrogens (primary N) is 1. The lowest BCUT2D eigenvalue weighted by Gasteiger charge is -2.40. The average Bonchev–Trinajstić information content (AvgIpc) is 2.49. The molecule has 1 aliphatic heterocycles. The van der Waals surface area contributed by atoms with E-state index in [1.54, 1.807) is 0 Å². The van der Waals surface area contributed by atoms with Gasteiger partial charge in [0, 0.05) is 44.7 Å². The molecule has 2 fully saturated rings. The van der Waals surface area contributed by atoms with Gasteiger partial charge in [-0.3, -0.25) is 9.69 Å². The first-order chi connectivity index (χ1) is 9.26. The first-order valence-electron chi connectivity index (χ1n) is 7.99. The van der Waals surface area contributed by atoms with Crippen LogP contribution in [-0.2, 0) is 4.79 Å². The van der Waals surface area contributed by atoms with E-state index < -0.39 is 0 Å². The van der Waals surface area contributed by atoms with Crippen LogP contribution in [0.1, 0.15) is 45.4 Å². The highest BCUT2D eigenvalue weighted by atomic mass is 16.2. The highest BCUT2D eigenvalue weighted by molar-refractivity contribution is 5.79. The quantitative estimate of drug-likeness (QED) is 0.838. The van der Waals surface area contributed by atoms with Crippen LogP contribution in [0.3, 0.4) is 0 Å². The van der Waals surface area contributed by atoms with Crippen molar-refractivity contribution in [2.45, 2.75) is 51.5 Å². The van der Waals surface area contributed by atoms with Gasteiger partial charge in [-0.1, -0.05) is 26.2 Å². The molecule has 1 heterocycles. The van der Waals surface area contributed by atoms with Crippen LogP contribution >= 0.6 is 0 Å². The lowest BCUT2D eigenvalue weighted by molar-refractivity contribution is -0.138. The summed E-state index contributed by atoms with van der Waals surface area (Å²) in [5, 5.41) is 0. The minimum Gasteiger partial charge on any atom is -0.340 e. The minimum atomic E-state index is 0.316. The highest BCUT2D eigenvalue weighted by Gasteiger charge is 2.29. The van der Waals surface area contributed by atoms with E-state index in [0.29, 0.717) is 17.9 Å². The molecule has 4 heteroatoms. The second-order valence-electron chi connectivity index (χ2n) is 5.99. The van der Waals surface area contributed by atoms with Crippen LogP contribution in [0.4, 0.5) is 0 Å². The van der Waals surface area contributed by atoms with Crippen molar-refractivity contribution >= 4 is 5.91 Å². The molecule has 1 amide bonds. The Morgan fingerprint density at radius 2 is 1.79 bits per heavy atom. The van der Waals surface area contributed by atoms with Crippen molar-refractivity contribution in [3.63, 3.8) is 0 Å². The summed E-state index contributed by atoms with van der Waals surface area (Å²) < 4.78 is 0. The van der Waals surface area contributed by atoms with Gasteiger partial charge in [0.05, 0.1) is 0 Å². The Bertz CT molecular complexity index is 277. The summed E-state index contributed by atoms with van der Waals surface area (Å²) in [6.07, 6.45) is 7.11. The van der Waals surface area contributed by atoms with E-state index in [-0.39, 0.29) is 0 Å². The lowest BCUT2D eigenvalue weighted by atomic mass is 9.88. The third kappa shape index (κ3) is 3.69. The molecule has 4 nitrogen and oxygen atoms in total. The molecular formula is C15H29N3O. The number of amides is 1. The lowest BCUT2D eigenvalue weighted by Crippen LogP contribution is -2.54. The Balaban J connectivity index is 1.80. The van der Waals surface area contributed by atoms with Gasteiger partial charge in [0.25, 0.3) is 0 Å². The fourth-order valence-corrected chi connectivity index (χ4v) is 3.49. The second kappa shape index (κ2) is 7.25. The molecule has 1 unspecified atom stereocenters. The van der Waals surface area contributed by atoms with Gasteiger partial charge in [-0.2, -0.15) is 0 Å². The van der Waals surface area contributed by atoms with Crippen molar-refractivity contribution in [1.29, 1.82) is 0 Å². The predicted molar refractivity (Wildman–Crippen MR) is 77.9 cm³/mol. The van der Waals surface area contributed by atoms with E-state index in [1.165, 1.54) is 19.3 Å². The summed E-state index contributed by atoms with van der Waals surface area (Å²) in [5.74, 6) is 0.733. The number of carbonyl (C=O) groups excluding carboxylic acids is 1. The summed E-state index contributed by atoms with van der Waals surface area (Å²) in [7, 11) is 0. The van der Waals surface area contributed by atoms with Gasteiger partial charge in [0.15, 0.2) is 0 Å². The summed E-state index contributed by atoms with van der Waals surface area (Å²) in [4.78, 5) is 17.0. The predicted octanol–water partition coefficient (Wildman–Crippen LogP) is 1.45. The molecule has 1 saturated carbocycles. The van der Waals surface area contributed by atoms with Gasteiger partial charge in [0.1, 0.15) is 0 Å². The molecule has 2 rings (SSSR count). The van der Waals surface area contributed by atoms with Crippen LogP contribution in [0.2, 0.25) is 0 Å². The van der Waals surface area contributed by atoms with Crippen LogP contribution in [0.5, 0.6) is 0 Å². The topological polar surface area (TPSA) is 49.6 Å². The van der Waals surface area contributed by atoms with Crippen LogP contribution in [-0.4, -0.2) is 54.5 Å². The van der Waals surface area contributed by atoms with E-state index in [2.05, 4.69) is 16.7 Å². The number of rotatable bonds is 4. The molecule has 0 aromatic rings. The maximum atomic E-state index is 12.5. The summed E-state index contributed by atoms with van der Waals surface area (Å²) in [6, 6.07) is 0.493. The zero-order valence-electron chi connectivity index (χ0n) is 12.3. The number of hydrogen-bond donors (Lipinski definition) is 1. The molecule has 0 aromatic heterocycles. The largest absolute Gasteiger partial charge is 0.340 e. The number of hydrogen-bond acceptors (Lipinski definition) is 3. The zero-order valence-corrected chi connectivity index (χ0v) is 12.3. The molecule has 0 aromatic carbocycles. The standard InChI is InChI=1S/C15H29N3O/c1-2-14(12-16)17-8-10-18(11-9-17)15(19)13-6-4-3-5-7-13/h13-14H,2-12,16H2,1H3. The van der Waals surface area contributed by atoms with Gasteiger partial charge in [-0.15, -0.1) is 0 Å². The molecule has 2 aliphatic rings. The average molecular weight is 267 g/mol. The van der Waals surface area contributed by atoms with Crippen molar-refractivity contribution in [3.05, 3.63) is 0 Å². The highest BCUT2D eigenvalue weighted by Crippen LogP contribution is 2.26. The molecule has 1 aliphatic carbocycles. The third-order valence-electron chi connectivity index (χ3n) is 4.84. The van der Waals surface area contributed by atoms with Crippen molar-refractivity contribution < 1.29 is 4.79 Å². The van der Waals surface area contributed by atoms with Crippen molar-refractivity contribution in [1.82, 2.24) is 9.80 Å². The first-order valence-corrected chi connectivity index (χ1v) is 7.99. The fraction of sp³-hybridized carbons (Fsp3) is 0.933. The molecule has 1 atom stereocenters. The molecule has 0 spiro atoms. The van der Waals surface area contributed by atoms with Crippen molar-refractivity contribution in [2.24, 2.45) is 11.7 Å². The van der Waals surface area contributed by atoms with Crippen LogP contribution in [0, 0.1) is 5.92 Å². The number of nitrogens with zero attached hydrogens (tertiary/aromatic N) is 2. The van der Waals surface area contributed by atoms with E-state index in [0.717, 1.165) is 52.0 Å². The van der Waals surface area contributed by atoms with E-state index in [4.69, 9.17) is 5.73 Å². The minimum absolute atomic E-state index is 0.316. The molecular weight excluding hydrogens is 238 g/mol. The molecule has 1 saturated heterocycles. The Labute approximate surface area is 117 Å². The smallest absolute Gasteiger partial charge is 0.225 e. The fourth-order valence-electron chi connectivity index (χ4n) is 3.49. The molecule has 19 heavy (non-hydrogen) atoms. The van der Waals surface area contributed by atoms with Crippen molar-refractivity contribution in [2.75, 3.05) is 32.7 Å². The number of carbonyl (C=O) groups is 1. The van der Waals surface area contributed by atoms with E-state index >= 15 is 0 Å². The van der Waals surface area contributed by atoms with Gasteiger partial charge in [0.2, 0.25) is 5.91 Å². The summed E-state index contributed by atoms with van der Waals surface area (Å²) >= 11 is 0. The van der Waals surface area contributed by atoms with Gasteiger partial charge >= 0.3 is 0 Å². The summed E-state index contributed by atoms with van der Waals surface area (Å²) in [6.45, 7) is 6.70. The van der Waals surface area contributed by atoms with Crippen LogP contribution in [0.15, 0.2) is 0 Å². The monoisotopic (exact) mass is 267 g/mol. The van der Waals surface area contributed by atoms with Crippen LogP contribution < -0.4 is 5.73 Å². The molecule has 2 N–H and O–H groups in total. The third-order valence-corrected chi connectivity index (χ3v) is 4.84. The Kier molecular flexibility index (Phi) is 5.64. The second-order valence-corrected chi connectivity index (χ2v) is 5.99. The van der Waals surface area contributed by atoms with Gasteiger partial charge in [-0.05, 0) is 19.3 Å². The van der Waals surface area contributed by atoms with Gasteiger partial charge < -0.3 is 10.6 Å². The number of piperazine rings is 1. The Morgan fingerprint density at radius 1 is 1.16 bits per heavy atom. The zero-order chi connectivity index (χ0) is 13.7. The maximum Gasteiger partial charge on any atom is 0.225 e.